The first-order chi connectivity index (χ1) is 7.27. The third kappa shape index (κ3) is 2.69. The number of aliphatic hydroxyl groups excluding tert-OH is 1. The molecule has 1 aliphatic rings. The molecule has 2 N–H and O–H groups in total. The number of benzene rings is 1. The zero-order valence-electron chi connectivity index (χ0n) is 8.32. The molecule has 2 rings (SSSR count). The van der Waals surface area contributed by atoms with E-state index < -0.39 is 6.10 Å². The van der Waals surface area contributed by atoms with Gasteiger partial charge < -0.3 is 15.2 Å². The molecule has 1 saturated heterocycles. The first kappa shape index (κ1) is 10.9. The standard InChI is InChI=1S/C11H14ClNO2/c12-9-3-1-2-8(6-9)11(14)10-7-15-5-4-13-10/h1-3,6,10-11,13-14H,4-5,7H2. The number of hydrogen-bond acceptors (Lipinski definition) is 3. The van der Waals surface area contributed by atoms with Crippen molar-refractivity contribution < 1.29 is 9.84 Å². The zero-order chi connectivity index (χ0) is 10.7. The summed E-state index contributed by atoms with van der Waals surface area (Å²) in [5.41, 5.74) is 0.825. The van der Waals surface area contributed by atoms with E-state index in [9.17, 15) is 5.11 Å². The summed E-state index contributed by atoms with van der Waals surface area (Å²) in [5, 5.41) is 13.9. The van der Waals surface area contributed by atoms with Crippen molar-refractivity contribution in [3.63, 3.8) is 0 Å². The molecule has 0 spiro atoms. The molecule has 3 nitrogen and oxygen atoms in total. The van der Waals surface area contributed by atoms with E-state index in [4.69, 9.17) is 16.3 Å². The average Bonchev–Trinajstić information content (AvgIpc) is 2.29. The minimum absolute atomic E-state index is 0.0442. The van der Waals surface area contributed by atoms with Gasteiger partial charge in [-0.05, 0) is 17.7 Å². The molecule has 1 fully saturated rings. The van der Waals surface area contributed by atoms with Crippen LogP contribution in [0.1, 0.15) is 11.7 Å². The van der Waals surface area contributed by atoms with Gasteiger partial charge in [0.25, 0.3) is 0 Å². The van der Waals surface area contributed by atoms with E-state index in [2.05, 4.69) is 5.32 Å². The van der Waals surface area contributed by atoms with Gasteiger partial charge in [-0.3, -0.25) is 0 Å². The van der Waals surface area contributed by atoms with Crippen molar-refractivity contribution in [3.8, 4) is 0 Å². The maximum atomic E-state index is 10.1. The molecule has 2 atom stereocenters. The van der Waals surface area contributed by atoms with Crippen molar-refractivity contribution in [2.24, 2.45) is 0 Å². The molecule has 1 aliphatic heterocycles. The summed E-state index contributed by atoms with van der Waals surface area (Å²) in [7, 11) is 0. The van der Waals surface area contributed by atoms with Crippen LogP contribution in [-0.2, 0) is 4.74 Å². The summed E-state index contributed by atoms with van der Waals surface area (Å²) in [5.74, 6) is 0. The quantitative estimate of drug-likeness (QED) is 0.802. The Labute approximate surface area is 94.0 Å². The van der Waals surface area contributed by atoms with Crippen LogP contribution in [0.15, 0.2) is 24.3 Å². The molecular weight excluding hydrogens is 214 g/mol. The summed E-state index contributed by atoms with van der Waals surface area (Å²) < 4.78 is 5.30. The Morgan fingerprint density at radius 1 is 1.53 bits per heavy atom. The Kier molecular flexibility index (Phi) is 3.59. The highest BCUT2D eigenvalue weighted by Gasteiger charge is 2.23. The van der Waals surface area contributed by atoms with Gasteiger partial charge in [-0.1, -0.05) is 23.7 Å². The molecule has 15 heavy (non-hydrogen) atoms. The topological polar surface area (TPSA) is 41.5 Å². The molecule has 0 amide bonds. The van der Waals surface area contributed by atoms with E-state index in [0.717, 1.165) is 12.1 Å². The summed E-state index contributed by atoms with van der Waals surface area (Å²) in [6.07, 6.45) is -0.566. The van der Waals surface area contributed by atoms with Gasteiger partial charge >= 0.3 is 0 Å². The molecule has 2 unspecified atom stereocenters. The van der Waals surface area contributed by atoms with Crippen molar-refractivity contribution in [1.29, 1.82) is 0 Å². The van der Waals surface area contributed by atoms with Gasteiger partial charge in [0, 0.05) is 11.6 Å². The molecule has 82 valence electrons. The fourth-order valence-corrected chi connectivity index (χ4v) is 1.91. The van der Waals surface area contributed by atoms with Gasteiger partial charge in [0.2, 0.25) is 0 Å². The number of rotatable bonds is 2. The summed E-state index contributed by atoms with van der Waals surface area (Å²) >= 11 is 5.87. The molecule has 1 aromatic rings. The lowest BCUT2D eigenvalue weighted by atomic mass is 10.0. The Morgan fingerprint density at radius 3 is 3.07 bits per heavy atom. The lowest BCUT2D eigenvalue weighted by molar-refractivity contribution is 0.0177. The van der Waals surface area contributed by atoms with E-state index in [0.29, 0.717) is 18.2 Å². The van der Waals surface area contributed by atoms with Crippen LogP contribution >= 0.6 is 11.6 Å². The van der Waals surface area contributed by atoms with E-state index >= 15 is 0 Å². The smallest absolute Gasteiger partial charge is 0.0966 e. The maximum Gasteiger partial charge on any atom is 0.0966 e. The average molecular weight is 228 g/mol. The normalized spacial score (nSPS) is 23.7. The van der Waals surface area contributed by atoms with Crippen LogP contribution in [0.5, 0.6) is 0 Å². The second kappa shape index (κ2) is 4.94. The third-order valence-electron chi connectivity index (χ3n) is 2.52. The Balaban J connectivity index is 2.08. The molecule has 0 aliphatic carbocycles. The first-order valence-electron chi connectivity index (χ1n) is 5.02. The SMILES string of the molecule is OC(c1cccc(Cl)c1)C1COCCN1. The second-order valence-electron chi connectivity index (χ2n) is 3.64. The summed E-state index contributed by atoms with van der Waals surface area (Å²) in [6, 6.07) is 7.24. The molecular formula is C11H14ClNO2. The minimum Gasteiger partial charge on any atom is -0.387 e. The minimum atomic E-state index is -0.566. The highest BCUT2D eigenvalue weighted by molar-refractivity contribution is 6.30. The lowest BCUT2D eigenvalue weighted by Gasteiger charge is -2.28. The number of hydrogen-bond donors (Lipinski definition) is 2. The summed E-state index contributed by atoms with van der Waals surface area (Å²) in [4.78, 5) is 0. The number of halogens is 1. The maximum absolute atomic E-state index is 10.1. The van der Waals surface area contributed by atoms with E-state index in [1.54, 1.807) is 12.1 Å². The fourth-order valence-electron chi connectivity index (χ4n) is 1.71. The van der Waals surface area contributed by atoms with Gasteiger partial charge in [0.15, 0.2) is 0 Å². The number of nitrogens with one attached hydrogen (secondary N) is 1. The van der Waals surface area contributed by atoms with Crippen LogP contribution in [0, 0.1) is 0 Å². The first-order valence-corrected chi connectivity index (χ1v) is 5.40. The van der Waals surface area contributed by atoms with Gasteiger partial charge in [0.1, 0.15) is 0 Å². The Bertz CT molecular complexity index is 326. The van der Waals surface area contributed by atoms with Crippen LogP contribution in [0.3, 0.4) is 0 Å². The number of morpholine rings is 1. The highest BCUT2D eigenvalue weighted by Crippen LogP contribution is 2.21. The molecule has 1 heterocycles. The van der Waals surface area contributed by atoms with E-state index in [1.165, 1.54) is 0 Å². The van der Waals surface area contributed by atoms with Crippen LogP contribution in [0.4, 0.5) is 0 Å². The largest absolute Gasteiger partial charge is 0.387 e. The zero-order valence-corrected chi connectivity index (χ0v) is 9.07. The molecule has 0 bridgehead atoms. The van der Waals surface area contributed by atoms with Crippen molar-refractivity contribution in [3.05, 3.63) is 34.9 Å². The van der Waals surface area contributed by atoms with Crippen molar-refractivity contribution >= 4 is 11.6 Å². The Morgan fingerprint density at radius 2 is 2.40 bits per heavy atom. The van der Waals surface area contributed by atoms with Gasteiger partial charge in [-0.25, -0.2) is 0 Å². The summed E-state index contributed by atoms with van der Waals surface area (Å²) in [6.45, 7) is 2.02. The predicted octanol–water partition coefficient (Wildman–Crippen LogP) is 1.36. The molecule has 4 heteroatoms. The van der Waals surface area contributed by atoms with E-state index in [1.807, 2.05) is 12.1 Å². The molecule has 0 saturated carbocycles. The Hall–Kier alpha value is -0.610. The second-order valence-corrected chi connectivity index (χ2v) is 4.07. The van der Waals surface area contributed by atoms with Gasteiger partial charge in [0.05, 0.1) is 25.4 Å². The number of ether oxygens (including phenoxy) is 1. The molecule has 1 aromatic carbocycles. The predicted molar refractivity (Wildman–Crippen MR) is 59.0 cm³/mol. The van der Waals surface area contributed by atoms with E-state index in [-0.39, 0.29) is 6.04 Å². The number of aliphatic hydroxyl groups is 1. The van der Waals surface area contributed by atoms with Crippen molar-refractivity contribution in [2.45, 2.75) is 12.1 Å². The van der Waals surface area contributed by atoms with Gasteiger partial charge in [-0.15, -0.1) is 0 Å². The molecule has 0 radical (unpaired) electrons. The third-order valence-corrected chi connectivity index (χ3v) is 2.76. The monoisotopic (exact) mass is 227 g/mol. The fraction of sp³-hybridized carbons (Fsp3) is 0.455. The van der Waals surface area contributed by atoms with Crippen LogP contribution in [0.25, 0.3) is 0 Å². The highest BCUT2D eigenvalue weighted by atomic mass is 35.5. The van der Waals surface area contributed by atoms with Crippen LogP contribution in [0.2, 0.25) is 5.02 Å². The lowest BCUT2D eigenvalue weighted by Crippen LogP contribution is -2.45. The van der Waals surface area contributed by atoms with Gasteiger partial charge in [-0.2, -0.15) is 0 Å². The molecule has 0 aromatic heterocycles. The van der Waals surface area contributed by atoms with Crippen LogP contribution < -0.4 is 5.32 Å². The van der Waals surface area contributed by atoms with Crippen molar-refractivity contribution in [2.75, 3.05) is 19.8 Å². The van der Waals surface area contributed by atoms with Crippen LogP contribution in [-0.4, -0.2) is 30.9 Å². The van der Waals surface area contributed by atoms with Crippen molar-refractivity contribution in [1.82, 2.24) is 5.32 Å².